The fraction of sp³-hybridized carbons (Fsp3) is 0.455. The molecule has 16 heavy (non-hydrogen) atoms. The van der Waals surface area contributed by atoms with Crippen LogP contribution < -0.4 is 10.1 Å². The molecule has 2 heterocycles. The van der Waals surface area contributed by atoms with E-state index in [1.165, 1.54) is 0 Å². The molecular formula is C11H12BrN3O. The molecule has 1 aromatic heterocycles. The lowest BCUT2D eigenvalue weighted by atomic mass is 10.1. The molecule has 4 nitrogen and oxygen atoms in total. The Labute approximate surface area is 103 Å². The van der Waals surface area contributed by atoms with Crippen molar-refractivity contribution < 1.29 is 4.74 Å². The summed E-state index contributed by atoms with van der Waals surface area (Å²) < 4.78 is 6.60. The predicted molar refractivity (Wildman–Crippen MR) is 63.2 cm³/mol. The first-order chi connectivity index (χ1) is 7.79. The van der Waals surface area contributed by atoms with Gasteiger partial charge in [-0.05, 0) is 41.4 Å². The minimum atomic E-state index is 0.136. The zero-order valence-electron chi connectivity index (χ0n) is 8.74. The maximum atomic E-state index is 8.92. The number of piperidine rings is 1. The lowest BCUT2D eigenvalue weighted by Gasteiger charge is -2.24. The van der Waals surface area contributed by atoms with Crippen molar-refractivity contribution in [3.63, 3.8) is 0 Å². The zero-order valence-corrected chi connectivity index (χ0v) is 10.3. The molecule has 0 aromatic carbocycles. The van der Waals surface area contributed by atoms with Crippen molar-refractivity contribution in [1.82, 2.24) is 10.3 Å². The molecule has 1 aliphatic heterocycles. The Balaban J connectivity index is 2.13. The lowest BCUT2D eigenvalue weighted by molar-refractivity contribution is 0.166. The highest BCUT2D eigenvalue weighted by Crippen LogP contribution is 2.23. The van der Waals surface area contributed by atoms with Crippen LogP contribution in [-0.2, 0) is 0 Å². The minimum absolute atomic E-state index is 0.136. The second-order valence-electron chi connectivity index (χ2n) is 3.70. The Bertz CT molecular complexity index is 410. The van der Waals surface area contributed by atoms with Crippen LogP contribution in [0.2, 0.25) is 0 Å². The number of nitrogens with one attached hydrogen (secondary N) is 1. The first-order valence-electron chi connectivity index (χ1n) is 5.22. The number of ether oxygens (including phenoxy) is 1. The summed E-state index contributed by atoms with van der Waals surface area (Å²) in [5.74, 6) is 0.561. The number of pyridine rings is 1. The molecule has 0 spiro atoms. The lowest BCUT2D eigenvalue weighted by Crippen LogP contribution is -2.37. The fourth-order valence-corrected chi connectivity index (χ4v) is 2.00. The highest BCUT2D eigenvalue weighted by molar-refractivity contribution is 9.10. The maximum absolute atomic E-state index is 8.92. The molecule has 84 valence electrons. The number of aromatic nitrogens is 1. The van der Waals surface area contributed by atoms with Gasteiger partial charge in [0.2, 0.25) is 0 Å². The van der Waals surface area contributed by atoms with Crippen LogP contribution in [0.4, 0.5) is 0 Å². The van der Waals surface area contributed by atoms with Crippen molar-refractivity contribution >= 4 is 15.9 Å². The largest absolute Gasteiger partial charge is 0.486 e. The fourth-order valence-electron chi connectivity index (χ4n) is 1.69. The summed E-state index contributed by atoms with van der Waals surface area (Å²) in [5, 5.41) is 12.2. The van der Waals surface area contributed by atoms with Crippen LogP contribution in [0.5, 0.6) is 5.75 Å². The first kappa shape index (κ1) is 11.4. The molecule has 1 aromatic rings. The standard InChI is InChI=1S/C11H12BrN3O/c12-8-4-11(10(5-13)15-6-8)16-9-2-1-3-14-7-9/h4,6,9,14H,1-3,7H2. The summed E-state index contributed by atoms with van der Waals surface area (Å²) in [7, 11) is 0. The molecule has 0 aliphatic carbocycles. The number of halogens is 1. The normalized spacial score (nSPS) is 20.1. The second-order valence-corrected chi connectivity index (χ2v) is 4.61. The minimum Gasteiger partial charge on any atom is -0.486 e. The van der Waals surface area contributed by atoms with Crippen LogP contribution in [-0.4, -0.2) is 24.2 Å². The van der Waals surface area contributed by atoms with Crippen molar-refractivity contribution in [2.24, 2.45) is 0 Å². The van der Waals surface area contributed by atoms with Gasteiger partial charge in [-0.1, -0.05) is 0 Å². The average Bonchev–Trinajstić information content (AvgIpc) is 2.31. The van der Waals surface area contributed by atoms with Crippen molar-refractivity contribution in [3.05, 3.63) is 22.4 Å². The Hall–Kier alpha value is -1.12. The number of rotatable bonds is 2. The third-order valence-corrected chi connectivity index (χ3v) is 2.90. The molecule has 0 radical (unpaired) electrons. The highest BCUT2D eigenvalue weighted by atomic mass is 79.9. The molecule has 1 fully saturated rings. The SMILES string of the molecule is N#Cc1ncc(Br)cc1OC1CCCNC1. The quantitative estimate of drug-likeness (QED) is 0.899. The molecule has 0 amide bonds. The first-order valence-corrected chi connectivity index (χ1v) is 6.02. The summed E-state index contributed by atoms with van der Waals surface area (Å²) in [6, 6.07) is 3.83. The van der Waals surface area contributed by atoms with Crippen LogP contribution in [0.3, 0.4) is 0 Å². The molecule has 0 saturated carbocycles. The van der Waals surface area contributed by atoms with Crippen molar-refractivity contribution in [2.45, 2.75) is 18.9 Å². The maximum Gasteiger partial charge on any atom is 0.182 e. The number of hydrogen-bond acceptors (Lipinski definition) is 4. The summed E-state index contributed by atoms with van der Waals surface area (Å²) in [6.07, 6.45) is 3.86. The van der Waals surface area contributed by atoms with Gasteiger partial charge in [-0.2, -0.15) is 5.26 Å². The van der Waals surface area contributed by atoms with E-state index in [2.05, 4.69) is 26.2 Å². The van der Waals surface area contributed by atoms with E-state index >= 15 is 0 Å². The van der Waals surface area contributed by atoms with Crippen molar-refractivity contribution in [3.8, 4) is 11.8 Å². The van der Waals surface area contributed by atoms with Crippen LogP contribution in [0, 0.1) is 11.3 Å². The number of nitriles is 1. The molecule has 1 atom stereocenters. The molecule has 1 saturated heterocycles. The Morgan fingerprint density at radius 3 is 3.19 bits per heavy atom. The van der Waals surface area contributed by atoms with Crippen molar-refractivity contribution in [1.29, 1.82) is 5.26 Å². The van der Waals surface area contributed by atoms with Crippen LogP contribution >= 0.6 is 15.9 Å². The Morgan fingerprint density at radius 1 is 1.62 bits per heavy atom. The van der Waals surface area contributed by atoms with Crippen LogP contribution in [0.1, 0.15) is 18.5 Å². The number of nitrogens with zero attached hydrogens (tertiary/aromatic N) is 2. The van der Waals surface area contributed by atoms with E-state index in [9.17, 15) is 0 Å². The molecule has 5 heteroatoms. The van der Waals surface area contributed by atoms with Gasteiger partial charge in [-0.3, -0.25) is 0 Å². The molecule has 1 N–H and O–H groups in total. The number of hydrogen-bond donors (Lipinski definition) is 1. The van der Waals surface area contributed by atoms with Gasteiger partial charge in [0, 0.05) is 17.2 Å². The van der Waals surface area contributed by atoms with E-state index < -0.39 is 0 Å². The summed E-state index contributed by atoms with van der Waals surface area (Å²) >= 11 is 3.32. The predicted octanol–water partition coefficient (Wildman–Crippen LogP) is 1.85. The van der Waals surface area contributed by atoms with Gasteiger partial charge in [0.1, 0.15) is 12.2 Å². The molecule has 1 unspecified atom stereocenters. The molecule has 2 rings (SSSR count). The average molecular weight is 282 g/mol. The smallest absolute Gasteiger partial charge is 0.182 e. The Morgan fingerprint density at radius 2 is 2.50 bits per heavy atom. The van der Waals surface area contributed by atoms with Gasteiger partial charge in [0.25, 0.3) is 0 Å². The highest BCUT2D eigenvalue weighted by Gasteiger charge is 2.16. The second kappa shape index (κ2) is 5.28. The summed E-state index contributed by atoms with van der Waals surface area (Å²) in [6.45, 7) is 1.87. The van der Waals surface area contributed by atoms with Crippen LogP contribution in [0.15, 0.2) is 16.7 Å². The summed E-state index contributed by atoms with van der Waals surface area (Å²) in [5.41, 5.74) is 0.341. The van der Waals surface area contributed by atoms with Crippen molar-refractivity contribution in [2.75, 3.05) is 13.1 Å². The van der Waals surface area contributed by atoms with Crippen LogP contribution in [0.25, 0.3) is 0 Å². The van der Waals surface area contributed by atoms with E-state index in [4.69, 9.17) is 10.00 Å². The third-order valence-electron chi connectivity index (χ3n) is 2.47. The van der Waals surface area contributed by atoms with Gasteiger partial charge in [0.15, 0.2) is 11.4 Å². The monoisotopic (exact) mass is 281 g/mol. The van der Waals surface area contributed by atoms with Gasteiger partial charge < -0.3 is 10.1 Å². The Kier molecular flexibility index (Phi) is 3.75. The van der Waals surface area contributed by atoms with Gasteiger partial charge in [-0.15, -0.1) is 0 Å². The van der Waals surface area contributed by atoms with E-state index in [0.29, 0.717) is 11.4 Å². The molecule has 0 bridgehead atoms. The third kappa shape index (κ3) is 2.71. The topological polar surface area (TPSA) is 57.9 Å². The summed E-state index contributed by atoms with van der Waals surface area (Å²) in [4.78, 5) is 4.01. The van der Waals surface area contributed by atoms with Gasteiger partial charge in [-0.25, -0.2) is 4.98 Å². The molecular weight excluding hydrogens is 270 g/mol. The van der Waals surface area contributed by atoms with E-state index in [-0.39, 0.29) is 6.10 Å². The van der Waals surface area contributed by atoms with Gasteiger partial charge >= 0.3 is 0 Å². The van der Waals surface area contributed by atoms with E-state index in [0.717, 1.165) is 30.4 Å². The molecule has 1 aliphatic rings. The van der Waals surface area contributed by atoms with E-state index in [1.807, 2.05) is 6.07 Å². The van der Waals surface area contributed by atoms with Gasteiger partial charge in [0.05, 0.1) is 0 Å². The zero-order chi connectivity index (χ0) is 11.4. The van der Waals surface area contributed by atoms with E-state index in [1.54, 1.807) is 12.3 Å².